The van der Waals surface area contributed by atoms with Crippen molar-refractivity contribution in [2.45, 2.75) is 13.3 Å². The smallest absolute Gasteiger partial charge is 0.337 e. The summed E-state index contributed by atoms with van der Waals surface area (Å²) in [5.74, 6) is -0.848. The van der Waals surface area contributed by atoms with Crippen molar-refractivity contribution < 1.29 is 19.4 Å². The lowest BCUT2D eigenvalue weighted by atomic mass is 10.1. The molecule has 1 aromatic rings. The van der Waals surface area contributed by atoms with E-state index < -0.39 is 5.97 Å². The number of methoxy groups -OCH3 is 1. The molecule has 0 atom stereocenters. The number of nitrogens with zero attached hydrogens (tertiary/aromatic N) is 1. The topological polar surface area (TPSA) is 78.9 Å². The van der Waals surface area contributed by atoms with Crippen LogP contribution in [0.3, 0.4) is 0 Å². The first kappa shape index (κ1) is 16.0. The number of nitrogens with one attached hydrogen (secondary N) is 1. The van der Waals surface area contributed by atoms with Gasteiger partial charge in [0, 0.05) is 12.2 Å². The first-order valence-electron chi connectivity index (χ1n) is 7.18. The number of β-amino-alcohol motifs (C(OH)–C–C–N with tert-alkyl or cyclic N) is 1. The van der Waals surface area contributed by atoms with Crippen LogP contribution in [0, 0.1) is 0 Å². The molecule has 118 valence electrons. The van der Waals surface area contributed by atoms with Crippen LogP contribution in [-0.2, 0) is 20.7 Å². The standard InChI is InChI=1S/C16H20N2O4/c1-3-11-5-4-6-12(9-11)17-14-13(16(21)22-2)10-18(7-8-19)15(14)20/h4-6,9,17,19H,3,7-8,10H2,1-2H3. The molecule has 0 bridgehead atoms. The molecule has 1 aliphatic rings. The summed E-state index contributed by atoms with van der Waals surface area (Å²) >= 11 is 0. The van der Waals surface area contributed by atoms with E-state index in [1.807, 2.05) is 31.2 Å². The highest BCUT2D eigenvalue weighted by atomic mass is 16.5. The number of aliphatic hydroxyl groups is 1. The van der Waals surface area contributed by atoms with E-state index in [4.69, 9.17) is 9.84 Å². The maximum atomic E-state index is 12.4. The van der Waals surface area contributed by atoms with E-state index in [1.165, 1.54) is 12.0 Å². The monoisotopic (exact) mass is 304 g/mol. The highest BCUT2D eigenvalue weighted by Gasteiger charge is 2.34. The lowest BCUT2D eigenvalue weighted by Crippen LogP contribution is -2.31. The van der Waals surface area contributed by atoms with Gasteiger partial charge in [-0.15, -0.1) is 0 Å². The van der Waals surface area contributed by atoms with E-state index in [9.17, 15) is 9.59 Å². The quantitative estimate of drug-likeness (QED) is 0.764. The first-order valence-corrected chi connectivity index (χ1v) is 7.18. The van der Waals surface area contributed by atoms with Gasteiger partial charge in [-0.1, -0.05) is 19.1 Å². The van der Waals surface area contributed by atoms with E-state index in [0.717, 1.165) is 17.7 Å². The maximum absolute atomic E-state index is 12.4. The number of esters is 1. The van der Waals surface area contributed by atoms with Gasteiger partial charge in [0.25, 0.3) is 5.91 Å². The highest BCUT2D eigenvalue weighted by molar-refractivity contribution is 6.08. The Kier molecular flexibility index (Phi) is 5.16. The van der Waals surface area contributed by atoms with Crippen molar-refractivity contribution in [1.82, 2.24) is 4.90 Å². The summed E-state index contributed by atoms with van der Waals surface area (Å²) in [5, 5.41) is 12.0. The molecule has 2 rings (SSSR count). The zero-order valence-electron chi connectivity index (χ0n) is 12.8. The Hall–Kier alpha value is -2.34. The minimum atomic E-state index is -0.539. The first-order chi connectivity index (χ1) is 10.6. The zero-order chi connectivity index (χ0) is 16.1. The molecule has 0 radical (unpaired) electrons. The van der Waals surface area contributed by atoms with Crippen molar-refractivity contribution in [3.05, 3.63) is 41.1 Å². The number of carbonyl (C=O) groups is 2. The van der Waals surface area contributed by atoms with Gasteiger partial charge in [0.2, 0.25) is 0 Å². The molecule has 1 heterocycles. The van der Waals surface area contributed by atoms with Crippen molar-refractivity contribution in [2.24, 2.45) is 0 Å². The van der Waals surface area contributed by atoms with Crippen LogP contribution < -0.4 is 5.32 Å². The summed E-state index contributed by atoms with van der Waals surface area (Å²) in [6, 6.07) is 7.66. The van der Waals surface area contributed by atoms with Crippen LogP contribution in [0.1, 0.15) is 12.5 Å². The third-order valence-corrected chi connectivity index (χ3v) is 3.56. The Morgan fingerprint density at radius 2 is 2.23 bits per heavy atom. The summed E-state index contributed by atoms with van der Waals surface area (Å²) in [6.45, 7) is 2.21. The van der Waals surface area contributed by atoms with Crippen LogP contribution in [0.2, 0.25) is 0 Å². The zero-order valence-corrected chi connectivity index (χ0v) is 12.8. The van der Waals surface area contributed by atoms with Gasteiger partial charge in [0.15, 0.2) is 0 Å². The molecule has 22 heavy (non-hydrogen) atoms. The van der Waals surface area contributed by atoms with Crippen LogP contribution in [-0.4, -0.2) is 48.7 Å². The average molecular weight is 304 g/mol. The van der Waals surface area contributed by atoms with Gasteiger partial charge in [-0.25, -0.2) is 4.79 Å². The molecule has 0 unspecified atom stereocenters. The number of ether oxygens (including phenoxy) is 1. The minimum Gasteiger partial charge on any atom is -0.466 e. The third kappa shape index (κ3) is 3.28. The fourth-order valence-corrected chi connectivity index (χ4v) is 2.36. The van der Waals surface area contributed by atoms with E-state index in [2.05, 4.69) is 5.32 Å². The normalized spacial score (nSPS) is 14.5. The second-order valence-electron chi connectivity index (χ2n) is 4.97. The SMILES string of the molecule is CCc1cccc(NC2=C(C(=O)OC)CN(CCO)C2=O)c1. The fraction of sp³-hybridized carbons (Fsp3) is 0.375. The van der Waals surface area contributed by atoms with E-state index >= 15 is 0 Å². The van der Waals surface area contributed by atoms with Crippen LogP contribution in [0.5, 0.6) is 0 Å². The third-order valence-electron chi connectivity index (χ3n) is 3.56. The molecule has 6 nitrogen and oxygen atoms in total. The second-order valence-corrected chi connectivity index (χ2v) is 4.97. The molecule has 0 aliphatic carbocycles. The van der Waals surface area contributed by atoms with E-state index in [-0.39, 0.29) is 36.9 Å². The van der Waals surface area contributed by atoms with Gasteiger partial charge >= 0.3 is 5.97 Å². The Morgan fingerprint density at radius 3 is 2.86 bits per heavy atom. The average Bonchev–Trinajstić information content (AvgIpc) is 2.84. The van der Waals surface area contributed by atoms with Crippen LogP contribution in [0.15, 0.2) is 35.5 Å². The van der Waals surface area contributed by atoms with Gasteiger partial charge in [-0.05, 0) is 24.1 Å². The van der Waals surface area contributed by atoms with Crippen LogP contribution >= 0.6 is 0 Å². The van der Waals surface area contributed by atoms with Gasteiger partial charge < -0.3 is 20.1 Å². The Bertz CT molecular complexity index is 610. The van der Waals surface area contributed by atoms with Crippen LogP contribution in [0.25, 0.3) is 0 Å². The molecule has 6 heteroatoms. The van der Waals surface area contributed by atoms with E-state index in [1.54, 1.807) is 0 Å². The molecule has 0 saturated heterocycles. The lowest BCUT2D eigenvalue weighted by Gasteiger charge is -2.15. The van der Waals surface area contributed by atoms with Gasteiger partial charge in [0.05, 0.1) is 25.8 Å². The van der Waals surface area contributed by atoms with Gasteiger partial charge in [0.1, 0.15) is 5.70 Å². The molecule has 1 aliphatic heterocycles. The van der Waals surface area contributed by atoms with Gasteiger partial charge in [-0.2, -0.15) is 0 Å². The highest BCUT2D eigenvalue weighted by Crippen LogP contribution is 2.23. The number of carbonyl (C=O) groups excluding carboxylic acids is 2. The number of aryl methyl sites for hydroxylation is 1. The molecule has 0 saturated carbocycles. The summed E-state index contributed by atoms with van der Waals surface area (Å²) in [7, 11) is 1.28. The van der Waals surface area contributed by atoms with Crippen molar-refractivity contribution in [3.63, 3.8) is 0 Å². The number of anilines is 1. The molecule has 1 amide bonds. The minimum absolute atomic E-state index is 0.141. The van der Waals surface area contributed by atoms with Crippen molar-refractivity contribution in [1.29, 1.82) is 0 Å². The lowest BCUT2D eigenvalue weighted by molar-refractivity contribution is -0.136. The van der Waals surface area contributed by atoms with Crippen molar-refractivity contribution in [3.8, 4) is 0 Å². The Labute approximate surface area is 129 Å². The number of rotatable bonds is 6. The largest absolute Gasteiger partial charge is 0.466 e. The number of hydrogen-bond acceptors (Lipinski definition) is 5. The molecule has 2 N–H and O–H groups in total. The Balaban J connectivity index is 2.30. The Morgan fingerprint density at radius 1 is 1.45 bits per heavy atom. The predicted octanol–water partition coefficient (Wildman–Crippen LogP) is 0.922. The number of aliphatic hydroxyl groups excluding tert-OH is 1. The van der Waals surface area contributed by atoms with Crippen LogP contribution in [0.4, 0.5) is 5.69 Å². The number of hydrogen-bond donors (Lipinski definition) is 2. The van der Waals surface area contributed by atoms with Gasteiger partial charge in [-0.3, -0.25) is 4.79 Å². The number of benzene rings is 1. The summed E-state index contributed by atoms with van der Waals surface area (Å²) in [4.78, 5) is 25.7. The predicted molar refractivity (Wildman–Crippen MR) is 82.2 cm³/mol. The maximum Gasteiger partial charge on any atom is 0.337 e. The molecule has 0 fully saturated rings. The number of amides is 1. The van der Waals surface area contributed by atoms with Crippen molar-refractivity contribution >= 4 is 17.6 Å². The second kappa shape index (κ2) is 7.09. The fourth-order valence-electron chi connectivity index (χ4n) is 2.36. The summed E-state index contributed by atoms with van der Waals surface area (Å²) in [5.41, 5.74) is 2.37. The van der Waals surface area contributed by atoms with Crippen molar-refractivity contribution in [2.75, 3.05) is 32.1 Å². The molecular weight excluding hydrogens is 284 g/mol. The molecule has 1 aromatic carbocycles. The molecular formula is C16H20N2O4. The summed E-state index contributed by atoms with van der Waals surface area (Å²) < 4.78 is 4.74. The molecule has 0 aromatic heterocycles. The summed E-state index contributed by atoms with van der Waals surface area (Å²) in [6.07, 6.45) is 0.878. The van der Waals surface area contributed by atoms with E-state index in [0.29, 0.717) is 0 Å². The molecule has 0 spiro atoms.